The number of pyridine rings is 1. The number of rotatable bonds is 3. The first-order valence-corrected chi connectivity index (χ1v) is 7.44. The molecule has 0 amide bonds. The van der Waals surface area contributed by atoms with Gasteiger partial charge in [-0.15, -0.1) is 0 Å². The third-order valence-electron chi connectivity index (χ3n) is 3.38. The summed E-state index contributed by atoms with van der Waals surface area (Å²) in [5.41, 5.74) is 3.69. The molecular formula is C16H17BrF2N2. The maximum atomic E-state index is 13.9. The molecule has 1 atom stereocenters. The largest absolute Gasteiger partial charge is 0.374 e. The van der Waals surface area contributed by atoms with Gasteiger partial charge in [0, 0.05) is 15.9 Å². The minimum Gasteiger partial charge on any atom is -0.374 e. The van der Waals surface area contributed by atoms with E-state index in [-0.39, 0.29) is 11.7 Å². The number of anilines is 1. The van der Waals surface area contributed by atoms with Gasteiger partial charge in [-0.05, 0) is 57.0 Å². The molecule has 112 valence electrons. The van der Waals surface area contributed by atoms with E-state index >= 15 is 0 Å². The van der Waals surface area contributed by atoms with E-state index in [1.807, 2.05) is 33.8 Å². The van der Waals surface area contributed by atoms with Gasteiger partial charge in [-0.3, -0.25) is 4.98 Å². The van der Waals surface area contributed by atoms with Crippen molar-refractivity contribution in [2.75, 3.05) is 5.32 Å². The Morgan fingerprint density at radius 1 is 1.10 bits per heavy atom. The summed E-state index contributed by atoms with van der Waals surface area (Å²) in [6, 6.07) is 4.20. The molecule has 0 aliphatic rings. The Kier molecular flexibility index (Phi) is 4.61. The number of halogens is 3. The van der Waals surface area contributed by atoms with E-state index in [1.54, 1.807) is 0 Å². The fourth-order valence-corrected chi connectivity index (χ4v) is 3.06. The quantitative estimate of drug-likeness (QED) is 0.817. The molecule has 0 saturated carbocycles. The SMILES string of the molecule is Cc1cc(C)c(C(C)Nc2c(F)cc(Br)cc2F)c(C)n1. The number of hydrogen-bond acceptors (Lipinski definition) is 2. The molecule has 2 nitrogen and oxygen atoms in total. The molecule has 0 spiro atoms. The van der Waals surface area contributed by atoms with Gasteiger partial charge < -0.3 is 5.32 Å². The van der Waals surface area contributed by atoms with E-state index in [2.05, 4.69) is 26.2 Å². The highest BCUT2D eigenvalue weighted by molar-refractivity contribution is 9.10. The van der Waals surface area contributed by atoms with E-state index in [0.29, 0.717) is 4.47 Å². The van der Waals surface area contributed by atoms with Crippen LogP contribution >= 0.6 is 15.9 Å². The minimum atomic E-state index is -0.621. The molecule has 1 aromatic carbocycles. The molecule has 1 heterocycles. The first-order chi connectivity index (χ1) is 9.79. The maximum absolute atomic E-state index is 13.9. The average Bonchev–Trinajstić information content (AvgIpc) is 2.32. The number of nitrogens with zero attached hydrogens (tertiary/aromatic N) is 1. The lowest BCUT2D eigenvalue weighted by Gasteiger charge is -2.21. The van der Waals surface area contributed by atoms with Crippen molar-refractivity contribution in [1.29, 1.82) is 0 Å². The monoisotopic (exact) mass is 354 g/mol. The highest BCUT2D eigenvalue weighted by Gasteiger charge is 2.17. The zero-order chi connectivity index (χ0) is 15.7. The fourth-order valence-electron chi connectivity index (χ4n) is 2.66. The third kappa shape index (κ3) is 3.40. The standard InChI is InChI=1S/C16H17BrF2N2/c1-8-5-9(2)20-10(3)15(8)11(4)21-16-13(18)6-12(17)7-14(16)19/h5-7,11,21H,1-4H3. The number of aromatic nitrogens is 1. The predicted molar refractivity (Wildman–Crippen MR) is 84.5 cm³/mol. The minimum absolute atomic E-state index is 0.120. The van der Waals surface area contributed by atoms with Gasteiger partial charge in [0.05, 0.1) is 6.04 Å². The fraction of sp³-hybridized carbons (Fsp3) is 0.312. The molecule has 0 radical (unpaired) electrons. The van der Waals surface area contributed by atoms with Gasteiger partial charge in [-0.2, -0.15) is 0 Å². The van der Waals surface area contributed by atoms with Crippen LogP contribution in [0.15, 0.2) is 22.7 Å². The normalized spacial score (nSPS) is 12.3. The highest BCUT2D eigenvalue weighted by atomic mass is 79.9. The molecule has 1 aromatic heterocycles. The van der Waals surface area contributed by atoms with Crippen molar-refractivity contribution < 1.29 is 8.78 Å². The van der Waals surface area contributed by atoms with Crippen LogP contribution in [0.2, 0.25) is 0 Å². The Morgan fingerprint density at radius 3 is 2.19 bits per heavy atom. The summed E-state index contributed by atoms with van der Waals surface area (Å²) < 4.78 is 28.2. The van der Waals surface area contributed by atoms with Crippen LogP contribution in [0.25, 0.3) is 0 Å². The van der Waals surface area contributed by atoms with E-state index in [9.17, 15) is 8.78 Å². The summed E-state index contributed by atoms with van der Waals surface area (Å²) in [6.45, 7) is 7.68. The Labute approximate surface area is 131 Å². The third-order valence-corrected chi connectivity index (χ3v) is 3.84. The van der Waals surface area contributed by atoms with Crippen molar-refractivity contribution in [1.82, 2.24) is 4.98 Å². The molecule has 5 heteroatoms. The van der Waals surface area contributed by atoms with Crippen LogP contribution in [0.5, 0.6) is 0 Å². The van der Waals surface area contributed by atoms with Crippen LogP contribution in [0.1, 0.15) is 35.5 Å². The van der Waals surface area contributed by atoms with Crippen molar-refractivity contribution in [3.63, 3.8) is 0 Å². The lowest BCUT2D eigenvalue weighted by molar-refractivity contribution is 0.582. The molecule has 0 aliphatic carbocycles. The lowest BCUT2D eigenvalue weighted by atomic mass is 10.00. The van der Waals surface area contributed by atoms with Crippen molar-refractivity contribution in [3.05, 3.63) is 56.8 Å². The van der Waals surface area contributed by atoms with Crippen LogP contribution in [-0.4, -0.2) is 4.98 Å². The van der Waals surface area contributed by atoms with Crippen molar-refractivity contribution >= 4 is 21.6 Å². The van der Waals surface area contributed by atoms with Crippen molar-refractivity contribution in [2.24, 2.45) is 0 Å². The molecule has 2 aromatic rings. The van der Waals surface area contributed by atoms with Gasteiger partial charge >= 0.3 is 0 Å². The Hall–Kier alpha value is -1.49. The molecule has 0 aliphatic heterocycles. The van der Waals surface area contributed by atoms with Crippen molar-refractivity contribution in [2.45, 2.75) is 33.7 Å². The van der Waals surface area contributed by atoms with Gasteiger partial charge in [-0.1, -0.05) is 15.9 Å². The summed E-state index contributed by atoms with van der Waals surface area (Å²) in [4.78, 5) is 4.42. The Balaban J connectivity index is 2.37. The van der Waals surface area contributed by atoms with Crippen LogP contribution in [0.3, 0.4) is 0 Å². The molecule has 1 N–H and O–H groups in total. The molecule has 1 unspecified atom stereocenters. The molecule has 2 rings (SSSR count). The van der Waals surface area contributed by atoms with Crippen LogP contribution < -0.4 is 5.32 Å². The van der Waals surface area contributed by atoms with Gasteiger partial charge in [0.1, 0.15) is 17.3 Å². The second-order valence-corrected chi connectivity index (χ2v) is 6.11. The number of aryl methyl sites for hydroxylation is 3. The molecule has 0 bridgehead atoms. The van der Waals surface area contributed by atoms with Crippen LogP contribution in [-0.2, 0) is 0 Å². The zero-order valence-corrected chi connectivity index (χ0v) is 14.0. The van der Waals surface area contributed by atoms with Gasteiger partial charge in [0.2, 0.25) is 0 Å². The zero-order valence-electron chi connectivity index (χ0n) is 12.4. The van der Waals surface area contributed by atoms with E-state index in [4.69, 9.17) is 0 Å². The smallest absolute Gasteiger partial charge is 0.150 e. The first kappa shape index (κ1) is 15.9. The number of hydrogen-bond donors (Lipinski definition) is 1. The number of nitrogens with one attached hydrogen (secondary N) is 1. The summed E-state index contributed by atoms with van der Waals surface area (Å²) in [5, 5.41) is 2.91. The summed E-state index contributed by atoms with van der Waals surface area (Å²) >= 11 is 3.07. The van der Waals surface area contributed by atoms with Crippen molar-refractivity contribution in [3.8, 4) is 0 Å². The molecule has 0 fully saturated rings. The van der Waals surface area contributed by atoms with Gasteiger partial charge in [0.25, 0.3) is 0 Å². The Morgan fingerprint density at radius 2 is 1.67 bits per heavy atom. The highest BCUT2D eigenvalue weighted by Crippen LogP contribution is 2.29. The Bertz CT molecular complexity index is 640. The predicted octanol–water partition coefficient (Wildman–Crippen LogP) is 5.22. The van der Waals surface area contributed by atoms with Crippen LogP contribution in [0, 0.1) is 32.4 Å². The van der Waals surface area contributed by atoms with Gasteiger partial charge in [-0.25, -0.2) is 8.78 Å². The lowest BCUT2D eigenvalue weighted by Crippen LogP contribution is -2.13. The summed E-state index contributed by atoms with van der Waals surface area (Å²) in [7, 11) is 0. The van der Waals surface area contributed by atoms with E-state index in [1.165, 1.54) is 12.1 Å². The number of benzene rings is 1. The molecule has 21 heavy (non-hydrogen) atoms. The average molecular weight is 355 g/mol. The second-order valence-electron chi connectivity index (χ2n) is 5.19. The van der Waals surface area contributed by atoms with Gasteiger partial charge in [0.15, 0.2) is 0 Å². The van der Waals surface area contributed by atoms with E-state index < -0.39 is 11.6 Å². The van der Waals surface area contributed by atoms with E-state index in [0.717, 1.165) is 22.5 Å². The first-order valence-electron chi connectivity index (χ1n) is 6.65. The molecular weight excluding hydrogens is 338 g/mol. The second kappa shape index (κ2) is 6.10. The summed E-state index contributed by atoms with van der Waals surface area (Å²) in [5.74, 6) is -1.24. The molecule has 0 saturated heterocycles. The topological polar surface area (TPSA) is 24.9 Å². The maximum Gasteiger partial charge on any atom is 0.150 e. The van der Waals surface area contributed by atoms with Crippen LogP contribution in [0.4, 0.5) is 14.5 Å². The summed E-state index contributed by atoms with van der Waals surface area (Å²) in [6.07, 6.45) is 0.